The minimum atomic E-state index is 0.440. The van der Waals surface area contributed by atoms with Crippen LogP contribution in [0.25, 0.3) is 0 Å². The molecule has 110 valence electrons. The summed E-state index contributed by atoms with van der Waals surface area (Å²) in [6.45, 7) is 10.2. The third-order valence-electron chi connectivity index (χ3n) is 3.72. The Morgan fingerprint density at radius 2 is 2.25 bits per heavy atom. The van der Waals surface area contributed by atoms with Crippen molar-refractivity contribution >= 4 is 6.21 Å². The molecule has 1 atom stereocenters. The molecule has 1 aliphatic heterocycles. The molecule has 0 spiro atoms. The average Bonchev–Trinajstić information content (AvgIpc) is 2.46. The van der Waals surface area contributed by atoms with Crippen molar-refractivity contribution in [2.24, 2.45) is 5.10 Å². The Morgan fingerprint density at radius 3 is 2.80 bits per heavy atom. The Bertz CT molecular complexity index is 455. The topological polar surface area (TPSA) is 18.8 Å². The standard InChI is InChI=1S/C17H27N3/c1-7-10-16-14(4)19(5)12-11-17(16)15(8-2)13-18-20(6)9-3/h8-9,11-14H,3,7,10H2,1-2,4-6H3/b15-8-,18-13-/t14-/m0/s1. The molecular formula is C17H27N3. The van der Waals surface area contributed by atoms with Gasteiger partial charge in [-0.2, -0.15) is 5.10 Å². The van der Waals surface area contributed by atoms with Gasteiger partial charge in [-0.05, 0) is 49.3 Å². The first-order valence-electron chi connectivity index (χ1n) is 7.24. The van der Waals surface area contributed by atoms with E-state index in [1.54, 1.807) is 11.2 Å². The van der Waals surface area contributed by atoms with E-state index < -0.39 is 0 Å². The lowest BCUT2D eigenvalue weighted by molar-refractivity contribution is 0.376. The zero-order chi connectivity index (χ0) is 15.1. The van der Waals surface area contributed by atoms with Crippen molar-refractivity contribution in [3.05, 3.63) is 47.9 Å². The summed E-state index contributed by atoms with van der Waals surface area (Å²) in [6, 6.07) is 0.440. The molecule has 0 saturated heterocycles. The van der Waals surface area contributed by atoms with Gasteiger partial charge in [-0.1, -0.05) is 26.0 Å². The molecule has 20 heavy (non-hydrogen) atoms. The number of allylic oxidation sites excluding steroid dienone is 4. The summed E-state index contributed by atoms with van der Waals surface area (Å²) in [5.74, 6) is 0. The van der Waals surface area contributed by atoms with Crippen LogP contribution in [0.5, 0.6) is 0 Å². The maximum Gasteiger partial charge on any atom is 0.0549 e. The van der Waals surface area contributed by atoms with Crippen LogP contribution in [0.3, 0.4) is 0 Å². The molecule has 3 nitrogen and oxygen atoms in total. The Labute approximate surface area is 123 Å². The minimum Gasteiger partial charge on any atom is -0.374 e. The van der Waals surface area contributed by atoms with Gasteiger partial charge < -0.3 is 4.90 Å². The second-order valence-corrected chi connectivity index (χ2v) is 5.09. The van der Waals surface area contributed by atoms with E-state index in [-0.39, 0.29) is 0 Å². The molecule has 0 radical (unpaired) electrons. The molecule has 0 N–H and O–H groups in total. The second-order valence-electron chi connectivity index (χ2n) is 5.09. The van der Waals surface area contributed by atoms with Gasteiger partial charge in [0.1, 0.15) is 0 Å². The molecule has 0 saturated carbocycles. The van der Waals surface area contributed by atoms with Gasteiger partial charge in [0, 0.05) is 26.3 Å². The van der Waals surface area contributed by atoms with E-state index in [1.165, 1.54) is 16.7 Å². The van der Waals surface area contributed by atoms with Crippen LogP contribution in [0.15, 0.2) is 53.0 Å². The van der Waals surface area contributed by atoms with Crippen molar-refractivity contribution in [1.29, 1.82) is 0 Å². The Hall–Kier alpha value is -1.77. The third-order valence-corrected chi connectivity index (χ3v) is 3.72. The molecular weight excluding hydrogens is 246 g/mol. The fourth-order valence-electron chi connectivity index (χ4n) is 2.29. The zero-order valence-corrected chi connectivity index (χ0v) is 13.4. The maximum atomic E-state index is 4.37. The lowest BCUT2D eigenvalue weighted by atomic mass is 9.90. The first kappa shape index (κ1) is 16.3. The summed E-state index contributed by atoms with van der Waals surface area (Å²) in [6.07, 6.45) is 12.3. The monoisotopic (exact) mass is 273 g/mol. The molecule has 1 heterocycles. The number of hydrazone groups is 1. The summed E-state index contributed by atoms with van der Waals surface area (Å²) in [4.78, 5) is 2.26. The fraction of sp³-hybridized carbons (Fsp3) is 0.471. The molecule has 1 rings (SSSR count). The first-order valence-corrected chi connectivity index (χ1v) is 7.24. The highest BCUT2D eigenvalue weighted by Crippen LogP contribution is 2.28. The third kappa shape index (κ3) is 3.86. The highest BCUT2D eigenvalue weighted by atomic mass is 15.4. The van der Waals surface area contributed by atoms with Crippen LogP contribution in [0, 0.1) is 0 Å². The van der Waals surface area contributed by atoms with Crippen LogP contribution in [0.1, 0.15) is 33.6 Å². The van der Waals surface area contributed by atoms with Crippen LogP contribution < -0.4 is 0 Å². The van der Waals surface area contributed by atoms with E-state index in [9.17, 15) is 0 Å². The Balaban J connectivity index is 3.13. The SMILES string of the molecule is C=CN(C)/N=C\C(=C\C)C1=C(CCC)[C@H](C)N(C)C=C1. The summed E-state index contributed by atoms with van der Waals surface area (Å²) < 4.78 is 0. The summed E-state index contributed by atoms with van der Waals surface area (Å²) in [5.41, 5.74) is 3.96. The van der Waals surface area contributed by atoms with Gasteiger partial charge in [0.05, 0.1) is 6.21 Å². The van der Waals surface area contributed by atoms with Gasteiger partial charge in [-0.15, -0.1) is 0 Å². The molecule has 0 aromatic heterocycles. The van der Waals surface area contributed by atoms with Crippen LogP contribution in [0.2, 0.25) is 0 Å². The molecule has 0 aromatic carbocycles. The molecule has 0 unspecified atom stereocenters. The largest absolute Gasteiger partial charge is 0.374 e. The van der Waals surface area contributed by atoms with E-state index in [0.29, 0.717) is 6.04 Å². The van der Waals surface area contributed by atoms with Crippen LogP contribution in [-0.2, 0) is 0 Å². The lowest BCUT2D eigenvalue weighted by Gasteiger charge is -2.31. The Kier molecular flexibility index (Phi) is 6.29. The number of hydrogen-bond acceptors (Lipinski definition) is 3. The molecule has 1 aliphatic rings. The first-order chi connectivity index (χ1) is 9.54. The van der Waals surface area contributed by atoms with Gasteiger partial charge in [0.15, 0.2) is 0 Å². The zero-order valence-electron chi connectivity index (χ0n) is 13.4. The number of nitrogens with zero attached hydrogens (tertiary/aromatic N) is 3. The molecule has 0 fully saturated rings. The summed E-state index contributed by atoms with van der Waals surface area (Å²) >= 11 is 0. The average molecular weight is 273 g/mol. The maximum absolute atomic E-state index is 4.37. The smallest absolute Gasteiger partial charge is 0.0549 e. The van der Waals surface area contributed by atoms with Crippen LogP contribution >= 0.6 is 0 Å². The van der Waals surface area contributed by atoms with Crippen molar-refractivity contribution in [3.63, 3.8) is 0 Å². The predicted octanol–water partition coefficient (Wildman–Crippen LogP) is 3.94. The second kappa shape index (κ2) is 7.73. The molecule has 0 aromatic rings. The summed E-state index contributed by atoms with van der Waals surface area (Å²) in [7, 11) is 4.01. The van der Waals surface area contributed by atoms with Crippen LogP contribution in [-0.4, -0.2) is 36.3 Å². The number of rotatable bonds is 6. The van der Waals surface area contributed by atoms with E-state index in [2.05, 4.69) is 62.8 Å². The van der Waals surface area contributed by atoms with E-state index in [4.69, 9.17) is 0 Å². The van der Waals surface area contributed by atoms with Gasteiger partial charge in [-0.3, -0.25) is 5.01 Å². The van der Waals surface area contributed by atoms with Crippen molar-refractivity contribution in [2.75, 3.05) is 14.1 Å². The van der Waals surface area contributed by atoms with Crippen molar-refractivity contribution in [1.82, 2.24) is 9.91 Å². The van der Waals surface area contributed by atoms with Crippen molar-refractivity contribution < 1.29 is 0 Å². The van der Waals surface area contributed by atoms with Gasteiger partial charge in [-0.25, -0.2) is 0 Å². The van der Waals surface area contributed by atoms with Crippen molar-refractivity contribution in [3.8, 4) is 0 Å². The normalized spacial score (nSPS) is 19.9. The van der Waals surface area contributed by atoms with E-state index in [1.807, 2.05) is 13.3 Å². The highest BCUT2D eigenvalue weighted by molar-refractivity contribution is 5.86. The molecule has 0 amide bonds. The van der Waals surface area contributed by atoms with Gasteiger partial charge in [0.25, 0.3) is 0 Å². The summed E-state index contributed by atoms with van der Waals surface area (Å²) in [5, 5.41) is 6.08. The Morgan fingerprint density at radius 1 is 1.55 bits per heavy atom. The van der Waals surface area contributed by atoms with E-state index >= 15 is 0 Å². The predicted molar refractivity (Wildman–Crippen MR) is 88.5 cm³/mol. The minimum absolute atomic E-state index is 0.440. The van der Waals surface area contributed by atoms with Crippen molar-refractivity contribution in [2.45, 2.75) is 39.7 Å². The number of hydrogen-bond donors (Lipinski definition) is 0. The van der Waals surface area contributed by atoms with Gasteiger partial charge in [0.2, 0.25) is 0 Å². The number of likely N-dealkylation sites (N-methyl/N-ethyl adjacent to an activating group) is 1. The van der Waals surface area contributed by atoms with Gasteiger partial charge >= 0.3 is 0 Å². The molecule has 0 aliphatic carbocycles. The fourth-order valence-corrected chi connectivity index (χ4v) is 2.29. The lowest BCUT2D eigenvalue weighted by Crippen LogP contribution is -2.29. The quantitative estimate of drug-likeness (QED) is 0.539. The highest BCUT2D eigenvalue weighted by Gasteiger charge is 2.20. The van der Waals surface area contributed by atoms with Crippen LogP contribution in [0.4, 0.5) is 0 Å². The molecule has 3 heteroatoms. The van der Waals surface area contributed by atoms with E-state index in [0.717, 1.165) is 12.8 Å². The molecule has 0 bridgehead atoms.